The summed E-state index contributed by atoms with van der Waals surface area (Å²) in [5, 5.41) is 7.66. The van der Waals surface area contributed by atoms with Gasteiger partial charge in [-0.2, -0.15) is 5.16 Å². The second kappa shape index (κ2) is 3.79. The molecule has 0 saturated heterocycles. The van der Waals surface area contributed by atoms with Gasteiger partial charge in [0.05, 0.1) is 0 Å². The topological polar surface area (TPSA) is 87.5 Å². The molecule has 0 bridgehead atoms. The Morgan fingerprint density at radius 1 is 1.27 bits per heavy atom. The SMILES string of the molecule is O=Nc1c(Nc2ccccc2)[nH]oc1=O. The number of aromatic amines is 1. The number of anilines is 2. The Morgan fingerprint density at radius 2 is 2.00 bits per heavy atom. The van der Waals surface area contributed by atoms with Crippen LogP contribution in [0.25, 0.3) is 0 Å². The number of hydrogen-bond donors (Lipinski definition) is 2. The van der Waals surface area contributed by atoms with E-state index in [0.717, 1.165) is 5.69 Å². The first kappa shape index (κ1) is 9.20. The van der Waals surface area contributed by atoms with Gasteiger partial charge in [-0.1, -0.05) is 18.2 Å². The number of benzene rings is 1. The summed E-state index contributed by atoms with van der Waals surface area (Å²) in [6, 6.07) is 9.03. The highest BCUT2D eigenvalue weighted by Crippen LogP contribution is 2.21. The zero-order chi connectivity index (χ0) is 10.7. The Hall–Kier alpha value is -2.37. The van der Waals surface area contributed by atoms with Gasteiger partial charge in [-0.3, -0.25) is 0 Å². The summed E-state index contributed by atoms with van der Waals surface area (Å²) in [5.74, 6) is 0.154. The first-order valence-electron chi connectivity index (χ1n) is 4.18. The zero-order valence-electron chi connectivity index (χ0n) is 7.56. The van der Waals surface area contributed by atoms with E-state index in [-0.39, 0.29) is 11.5 Å². The molecule has 0 atom stereocenters. The lowest BCUT2D eigenvalue weighted by molar-refractivity contribution is 0.395. The van der Waals surface area contributed by atoms with Crippen LogP contribution < -0.4 is 10.9 Å². The summed E-state index contributed by atoms with van der Waals surface area (Å²) in [4.78, 5) is 21.3. The quantitative estimate of drug-likeness (QED) is 0.751. The van der Waals surface area contributed by atoms with E-state index >= 15 is 0 Å². The van der Waals surface area contributed by atoms with Crippen LogP contribution in [0.5, 0.6) is 0 Å². The average Bonchev–Trinajstić information content (AvgIpc) is 2.61. The maximum absolute atomic E-state index is 10.9. The molecular formula is C9H7N3O3. The number of hydrogen-bond acceptors (Lipinski definition) is 5. The third-order valence-electron chi connectivity index (χ3n) is 1.81. The minimum atomic E-state index is -0.788. The summed E-state index contributed by atoms with van der Waals surface area (Å²) >= 11 is 0. The lowest BCUT2D eigenvalue weighted by atomic mass is 10.3. The zero-order valence-corrected chi connectivity index (χ0v) is 7.56. The van der Waals surface area contributed by atoms with Crippen molar-refractivity contribution in [1.29, 1.82) is 0 Å². The molecule has 0 radical (unpaired) electrons. The van der Waals surface area contributed by atoms with Crippen LogP contribution in [0, 0.1) is 4.91 Å². The summed E-state index contributed by atoms with van der Waals surface area (Å²) in [5.41, 5.74) is -0.360. The highest BCUT2D eigenvalue weighted by molar-refractivity contribution is 5.66. The van der Waals surface area contributed by atoms with Gasteiger partial charge in [-0.15, -0.1) is 4.91 Å². The normalized spacial score (nSPS) is 9.87. The Balaban J connectivity index is 2.32. The smallest absolute Gasteiger partial charge is 0.337 e. The molecule has 0 aliphatic rings. The summed E-state index contributed by atoms with van der Waals surface area (Å²) in [6.45, 7) is 0. The van der Waals surface area contributed by atoms with Crippen molar-refractivity contribution in [2.24, 2.45) is 5.18 Å². The molecule has 15 heavy (non-hydrogen) atoms. The maximum Gasteiger partial charge on any atom is 0.388 e. The van der Waals surface area contributed by atoms with Crippen molar-refractivity contribution in [3.05, 3.63) is 45.7 Å². The number of para-hydroxylation sites is 1. The Kier molecular flexibility index (Phi) is 2.32. The maximum atomic E-state index is 10.9. The molecule has 1 heterocycles. The molecule has 6 nitrogen and oxygen atoms in total. The first-order valence-corrected chi connectivity index (χ1v) is 4.18. The molecule has 0 fully saturated rings. The monoisotopic (exact) mass is 205 g/mol. The second-order valence-electron chi connectivity index (χ2n) is 2.80. The largest absolute Gasteiger partial charge is 0.388 e. The molecule has 0 saturated carbocycles. The Bertz CT molecular complexity index is 515. The molecule has 0 aliphatic heterocycles. The summed E-state index contributed by atoms with van der Waals surface area (Å²) in [6.07, 6.45) is 0. The third-order valence-corrected chi connectivity index (χ3v) is 1.81. The van der Waals surface area contributed by atoms with Crippen LogP contribution in [-0.4, -0.2) is 5.16 Å². The number of aromatic nitrogens is 1. The summed E-state index contributed by atoms with van der Waals surface area (Å²) in [7, 11) is 0. The van der Waals surface area contributed by atoms with Crippen LogP contribution in [0.2, 0.25) is 0 Å². The third kappa shape index (κ3) is 1.78. The van der Waals surface area contributed by atoms with E-state index in [9.17, 15) is 9.70 Å². The van der Waals surface area contributed by atoms with Crippen LogP contribution in [0.3, 0.4) is 0 Å². The predicted molar refractivity (Wildman–Crippen MR) is 54.5 cm³/mol. The van der Waals surface area contributed by atoms with Gasteiger partial charge >= 0.3 is 5.63 Å². The van der Waals surface area contributed by atoms with Crippen molar-refractivity contribution in [3.8, 4) is 0 Å². The predicted octanol–water partition coefficient (Wildman–Crippen LogP) is 2.11. The van der Waals surface area contributed by atoms with Crippen molar-refractivity contribution in [3.63, 3.8) is 0 Å². The standard InChI is InChI=1S/C9H7N3O3/c13-9-7(11-14)8(12-15-9)10-6-4-2-1-3-5-6/h1-5,10,12H. The van der Waals surface area contributed by atoms with E-state index in [1.807, 2.05) is 18.2 Å². The van der Waals surface area contributed by atoms with Gasteiger partial charge in [0.2, 0.25) is 5.69 Å². The molecule has 1 aromatic heterocycles. The average molecular weight is 205 g/mol. The minimum Gasteiger partial charge on any atom is -0.337 e. The fourth-order valence-electron chi connectivity index (χ4n) is 1.13. The number of nitroso groups, excluding NO2 is 1. The number of nitrogens with zero attached hydrogens (tertiary/aromatic N) is 1. The van der Waals surface area contributed by atoms with Gasteiger partial charge in [0, 0.05) is 5.69 Å². The van der Waals surface area contributed by atoms with Gasteiger partial charge in [-0.25, -0.2) is 4.79 Å². The van der Waals surface area contributed by atoms with E-state index in [0.29, 0.717) is 0 Å². The molecule has 0 spiro atoms. The lowest BCUT2D eigenvalue weighted by Crippen LogP contribution is -1.93. The van der Waals surface area contributed by atoms with Crippen molar-refractivity contribution in [2.75, 3.05) is 5.32 Å². The molecule has 2 aromatic rings. The number of rotatable bonds is 3. The second-order valence-corrected chi connectivity index (χ2v) is 2.80. The van der Waals surface area contributed by atoms with E-state index in [2.05, 4.69) is 20.2 Å². The molecular weight excluding hydrogens is 198 g/mol. The molecule has 0 unspecified atom stereocenters. The molecule has 0 amide bonds. The van der Waals surface area contributed by atoms with Crippen molar-refractivity contribution >= 4 is 17.2 Å². The first-order chi connectivity index (χ1) is 7.31. The number of nitrogens with one attached hydrogen (secondary N) is 2. The van der Waals surface area contributed by atoms with Gasteiger partial charge in [-0.05, 0) is 17.3 Å². The molecule has 76 valence electrons. The highest BCUT2D eigenvalue weighted by atomic mass is 16.5. The fourth-order valence-corrected chi connectivity index (χ4v) is 1.13. The van der Waals surface area contributed by atoms with E-state index in [1.165, 1.54) is 0 Å². The van der Waals surface area contributed by atoms with E-state index < -0.39 is 5.63 Å². The molecule has 0 aliphatic carbocycles. The van der Waals surface area contributed by atoms with Gasteiger partial charge in [0.15, 0.2) is 5.82 Å². The van der Waals surface area contributed by atoms with Crippen LogP contribution in [0.15, 0.2) is 44.8 Å². The highest BCUT2D eigenvalue weighted by Gasteiger charge is 2.12. The van der Waals surface area contributed by atoms with Crippen LogP contribution in [0.4, 0.5) is 17.2 Å². The molecule has 6 heteroatoms. The number of H-pyrrole nitrogens is 1. The van der Waals surface area contributed by atoms with Crippen LogP contribution >= 0.6 is 0 Å². The van der Waals surface area contributed by atoms with Crippen molar-refractivity contribution in [1.82, 2.24) is 5.16 Å². The van der Waals surface area contributed by atoms with Gasteiger partial charge in [0.25, 0.3) is 0 Å². The van der Waals surface area contributed by atoms with Gasteiger partial charge < -0.3 is 9.84 Å². The fraction of sp³-hybridized carbons (Fsp3) is 0. The van der Waals surface area contributed by atoms with Crippen LogP contribution in [0.1, 0.15) is 0 Å². The summed E-state index contributed by atoms with van der Waals surface area (Å²) < 4.78 is 4.42. The Morgan fingerprint density at radius 3 is 2.67 bits per heavy atom. The minimum absolute atomic E-state index is 0.154. The van der Waals surface area contributed by atoms with E-state index in [1.54, 1.807) is 12.1 Å². The van der Waals surface area contributed by atoms with Gasteiger partial charge in [0.1, 0.15) is 0 Å². The lowest BCUT2D eigenvalue weighted by Gasteiger charge is -2.01. The van der Waals surface area contributed by atoms with Crippen molar-refractivity contribution < 1.29 is 4.52 Å². The van der Waals surface area contributed by atoms with Crippen molar-refractivity contribution in [2.45, 2.75) is 0 Å². The molecule has 2 rings (SSSR count). The van der Waals surface area contributed by atoms with Crippen LogP contribution in [-0.2, 0) is 0 Å². The Labute approximate surface area is 83.9 Å². The molecule has 1 aromatic carbocycles. The molecule has 2 N–H and O–H groups in total. The van der Waals surface area contributed by atoms with E-state index in [4.69, 9.17) is 0 Å².